The van der Waals surface area contributed by atoms with Crippen molar-refractivity contribution in [3.63, 3.8) is 0 Å². The van der Waals surface area contributed by atoms with Gasteiger partial charge in [0, 0.05) is 36.2 Å². The van der Waals surface area contributed by atoms with Crippen molar-refractivity contribution in [1.82, 2.24) is 9.88 Å². The third-order valence-corrected chi connectivity index (χ3v) is 7.85. The van der Waals surface area contributed by atoms with E-state index in [1.54, 1.807) is 29.6 Å². The van der Waals surface area contributed by atoms with Crippen molar-refractivity contribution in [1.29, 1.82) is 5.26 Å². The van der Waals surface area contributed by atoms with Gasteiger partial charge in [0.25, 0.3) is 11.8 Å². The minimum atomic E-state index is -0.492. The Hall–Kier alpha value is -2.76. The lowest BCUT2D eigenvalue weighted by atomic mass is 9.94. The molecule has 0 radical (unpaired) electrons. The fraction of sp³-hybridized carbons (Fsp3) is 0.481. The Balaban J connectivity index is 2.12. The van der Waals surface area contributed by atoms with E-state index in [-0.39, 0.29) is 11.5 Å². The van der Waals surface area contributed by atoms with Gasteiger partial charge in [0.2, 0.25) is 0 Å². The molecule has 0 fully saturated rings. The maximum absolute atomic E-state index is 13.4. The van der Waals surface area contributed by atoms with Crippen molar-refractivity contribution in [2.45, 2.75) is 66.2 Å². The van der Waals surface area contributed by atoms with Gasteiger partial charge in [-0.25, -0.2) is 4.98 Å². The summed E-state index contributed by atoms with van der Waals surface area (Å²) in [5.74, 6) is -0.825. The maximum Gasteiger partial charge on any atom is 0.271 e. The highest BCUT2D eigenvalue weighted by atomic mass is 32.1. The molecule has 2 aromatic rings. The Labute approximate surface area is 216 Å². The molecule has 0 aliphatic carbocycles. The molecule has 8 heteroatoms. The number of amides is 2. The lowest BCUT2D eigenvalue weighted by molar-refractivity contribution is -0.140. The van der Waals surface area contributed by atoms with Crippen LogP contribution in [-0.2, 0) is 9.59 Å². The molecule has 0 N–H and O–H groups in total. The fourth-order valence-electron chi connectivity index (χ4n) is 3.94. The molecule has 2 amide bonds. The van der Waals surface area contributed by atoms with Gasteiger partial charge < -0.3 is 4.90 Å². The highest BCUT2D eigenvalue weighted by Crippen LogP contribution is 2.38. The minimum absolute atomic E-state index is 0.0429. The first-order valence-corrected chi connectivity index (χ1v) is 14.2. The number of unbranched alkanes of at least 4 members (excludes halogenated alkanes) is 3. The SMILES string of the molecule is CCCCN1C(=O)C(C#N)=C(C)/C(=C\c2sc(N(CCCC)CCCC)nc2-c2ccsc2)C1=O. The summed E-state index contributed by atoms with van der Waals surface area (Å²) in [6.45, 7) is 10.3. The predicted octanol–water partition coefficient (Wildman–Crippen LogP) is 6.67. The number of hydrogen-bond donors (Lipinski definition) is 0. The number of nitrogens with zero attached hydrogens (tertiary/aromatic N) is 4. The number of anilines is 1. The fourth-order valence-corrected chi connectivity index (χ4v) is 5.66. The number of carbonyl (C=O) groups is 2. The molecule has 186 valence electrons. The third-order valence-electron chi connectivity index (χ3n) is 6.11. The molecule has 0 saturated carbocycles. The van der Waals surface area contributed by atoms with Gasteiger partial charge in [-0.1, -0.05) is 51.4 Å². The summed E-state index contributed by atoms with van der Waals surface area (Å²) >= 11 is 3.18. The van der Waals surface area contributed by atoms with Crippen molar-refractivity contribution in [3.05, 3.63) is 38.4 Å². The van der Waals surface area contributed by atoms with Crippen molar-refractivity contribution < 1.29 is 9.59 Å². The van der Waals surface area contributed by atoms with Crippen LogP contribution in [0.3, 0.4) is 0 Å². The summed E-state index contributed by atoms with van der Waals surface area (Å²) in [6.07, 6.45) is 7.80. The second kappa shape index (κ2) is 12.8. The van der Waals surface area contributed by atoms with Crippen LogP contribution in [0, 0.1) is 11.3 Å². The van der Waals surface area contributed by atoms with Gasteiger partial charge in [0.1, 0.15) is 11.6 Å². The number of imide groups is 1. The molecular formula is C27H34N4O2S2. The van der Waals surface area contributed by atoms with Crippen LogP contribution in [0.5, 0.6) is 0 Å². The van der Waals surface area contributed by atoms with Crippen LogP contribution < -0.4 is 4.90 Å². The monoisotopic (exact) mass is 510 g/mol. The number of carbonyl (C=O) groups excluding carboxylic acids is 2. The van der Waals surface area contributed by atoms with Gasteiger partial charge in [-0.2, -0.15) is 16.6 Å². The summed E-state index contributed by atoms with van der Waals surface area (Å²) in [5, 5.41) is 14.7. The molecule has 0 saturated heterocycles. The van der Waals surface area contributed by atoms with E-state index in [9.17, 15) is 14.9 Å². The highest BCUT2D eigenvalue weighted by Gasteiger charge is 2.35. The van der Waals surface area contributed by atoms with Crippen molar-refractivity contribution in [3.8, 4) is 17.3 Å². The molecule has 6 nitrogen and oxygen atoms in total. The number of rotatable bonds is 12. The molecule has 1 aliphatic rings. The molecule has 3 heterocycles. The van der Waals surface area contributed by atoms with E-state index < -0.39 is 5.91 Å². The zero-order valence-electron chi connectivity index (χ0n) is 21.1. The Morgan fingerprint density at radius 2 is 1.77 bits per heavy atom. The summed E-state index contributed by atoms with van der Waals surface area (Å²) in [6, 6.07) is 4.07. The van der Waals surface area contributed by atoms with Gasteiger partial charge >= 0.3 is 0 Å². The van der Waals surface area contributed by atoms with Crippen LogP contribution in [0.4, 0.5) is 5.13 Å². The van der Waals surface area contributed by atoms with Crippen molar-refractivity contribution >= 4 is 45.7 Å². The standard InChI is InChI=1S/C27H34N4O2S2/c1-5-8-12-30(13-9-6-2)27-29-24(20-11-15-34-18-20)23(35-27)16-21-19(4)22(17-28)26(33)31(25(21)32)14-10-7-3/h11,15-16,18H,5-10,12-14H2,1-4H3/b21-16+. The first kappa shape index (κ1) is 26.8. The molecule has 1 aliphatic heterocycles. The number of nitriles is 1. The quantitative estimate of drug-likeness (QED) is 0.235. The second-order valence-corrected chi connectivity index (χ2v) is 10.5. The zero-order valence-corrected chi connectivity index (χ0v) is 22.7. The normalized spacial score (nSPS) is 15.3. The van der Waals surface area contributed by atoms with E-state index in [2.05, 4.69) is 24.1 Å². The van der Waals surface area contributed by atoms with Gasteiger partial charge in [0.05, 0.1) is 10.6 Å². The van der Waals surface area contributed by atoms with Gasteiger partial charge in [-0.05, 0) is 49.3 Å². The maximum atomic E-state index is 13.4. The van der Waals surface area contributed by atoms with Gasteiger partial charge in [-0.3, -0.25) is 14.5 Å². The van der Waals surface area contributed by atoms with Crippen LogP contribution in [0.1, 0.15) is 71.1 Å². The third kappa shape index (κ3) is 6.09. The Kier molecular flexibility index (Phi) is 9.82. The first-order chi connectivity index (χ1) is 17.0. The largest absolute Gasteiger partial charge is 0.348 e. The van der Waals surface area contributed by atoms with E-state index >= 15 is 0 Å². The van der Waals surface area contributed by atoms with E-state index in [1.807, 2.05) is 30.5 Å². The molecule has 0 aromatic carbocycles. The molecular weight excluding hydrogens is 476 g/mol. The topological polar surface area (TPSA) is 77.3 Å². The van der Waals surface area contributed by atoms with E-state index in [1.165, 1.54) is 4.90 Å². The molecule has 0 spiro atoms. The Morgan fingerprint density at radius 1 is 1.09 bits per heavy atom. The lowest BCUT2D eigenvalue weighted by Crippen LogP contribution is -2.43. The van der Waals surface area contributed by atoms with E-state index in [0.717, 1.165) is 66.5 Å². The predicted molar refractivity (Wildman–Crippen MR) is 145 cm³/mol. The molecule has 0 unspecified atom stereocenters. The summed E-state index contributed by atoms with van der Waals surface area (Å²) in [5.41, 5.74) is 2.74. The number of hydrogen-bond acceptors (Lipinski definition) is 7. The van der Waals surface area contributed by atoms with Crippen molar-refractivity contribution in [2.24, 2.45) is 0 Å². The minimum Gasteiger partial charge on any atom is -0.348 e. The molecule has 3 rings (SSSR count). The molecule has 2 aromatic heterocycles. The van der Waals surface area contributed by atoms with Crippen molar-refractivity contribution in [2.75, 3.05) is 24.5 Å². The van der Waals surface area contributed by atoms with Gasteiger partial charge in [-0.15, -0.1) is 0 Å². The average Bonchev–Trinajstić information content (AvgIpc) is 3.52. The van der Waals surface area contributed by atoms with Gasteiger partial charge in [0.15, 0.2) is 5.13 Å². The summed E-state index contributed by atoms with van der Waals surface area (Å²) in [7, 11) is 0. The average molecular weight is 511 g/mol. The smallest absolute Gasteiger partial charge is 0.271 e. The van der Waals surface area contributed by atoms with Crippen LogP contribution in [0.15, 0.2) is 33.5 Å². The molecule has 35 heavy (non-hydrogen) atoms. The molecule has 0 atom stereocenters. The lowest BCUT2D eigenvalue weighted by Gasteiger charge is -2.27. The summed E-state index contributed by atoms with van der Waals surface area (Å²) < 4.78 is 0. The number of thiazole rings is 1. The van der Waals surface area contributed by atoms with Crippen LogP contribution in [0.2, 0.25) is 0 Å². The number of aromatic nitrogens is 1. The Bertz CT molecular complexity index is 1130. The van der Waals surface area contributed by atoms with Crippen LogP contribution in [0.25, 0.3) is 17.3 Å². The molecule has 0 bridgehead atoms. The van der Waals surface area contributed by atoms with Crippen LogP contribution >= 0.6 is 22.7 Å². The highest BCUT2D eigenvalue weighted by molar-refractivity contribution is 7.17. The number of thiophene rings is 1. The first-order valence-electron chi connectivity index (χ1n) is 12.4. The zero-order chi connectivity index (χ0) is 25.4. The Morgan fingerprint density at radius 3 is 2.34 bits per heavy atom. The van der Waals surface area contributed by atoms with Crippen LogP contribution in [-0.4, -0.2) is 41.3 Å². The van der Waals surface area contributed by atoms with E-state index in [4.69, 9.17) is 4.98 Å². The summed E-state index contributed by atoms with van der Waals surface area (Å²) in [4.78, 5) is 35.7. The van der Waals surface area contributed by atoms with E-state index in [0.29, 0.717) is 24.1 Å². The second-order valence-electron chi connectivity index (χ2n) is 8.70.